The maximum atomic E-state index is 11.1. The summed E-state index contributed by atoms with van der Waals surface area (Å²) in [6.07, 6.45) is 3.20. The molecule has 0 saturated carbocycles. The molecule has 0 heterocycles. The lowest BCUT2D eigenvalue weighted by Crippen LogP contribution is -2.25. The van der Waals surface area contributed by atoms with Gasteiger partial charge in [0.05, 0.1) is 6.04 Å². The van der Waals surface area contributed by atoms with Gasteiger partial charge in [-0.2, -0.15) is 0 Å². The van der Waals surface area contributed by atoms with Crippen molar-refractivity contribution in [2.45, 2.75) is 39.2 Å². The van der Waals surface area contributed by atoms with Gasteiger partial charge in [0.25, 0.3) is 0 Å². The van der Waals surface area contributed by atoms with Gasteiger partial charge in [-0.3, -0.25) is 4.79 Å². The molecule has 0 aliphatic carbocycles. The summed E-state index contributed by atoms with van der Waals surface area (Å²) in [6.45, 7) is 3.70. The first-order valence-corrected chi connectivity index (χ1v) is 6.04. The zero-order valence-corrected chi connectivity index (χ0v) is 10.6. The van der Waals surface area contributed by atoms with E-state index in [0.29, 0.717) is 0 Å². The topological polar surface area (TPSA) is 29.1 Å². The number of halogens is 1. The van der Waals surface area contributed by atoms with Gasteiger partial charge in [0.2, 0.25) is 5.91 Å². The summed E-state index contributed by atoms with van der Waals surface area (Å²) in [7, 11) is 0. The van der Waals surface area contributed by atoms with Gasteiger partial charge in [-0.1, -0.05) is 43.5 Å². The van der Waals surface area contributed by atoms with Crippen molar-refractivity contribution in [2.24, 2.45) is 0 Å². The van der Waals surface area contributed by atoms with E-state index in [-0.39, 0.29) is 11.9 Å². The number of benzene rings is 1. The smallest absolute Gasteiger partial charge is 0.217 e. The molecule has 1 N–H and O–H groups in total. The second kappa shape index (κ2) is 6.54. The van der Waals surface area contributed by atoms with Gasteiger partial charge < -0.3 is 5.32 Å². The third kappa shape index (κ3) is 4.23. The van der Waals surface area contributed by atoms with Gasteiger partial charge in [0.15, 0.2) is 0 Å². The Morgan fingerprint density at radius 3 is 2.50 bits per heavy atom. The molecule has 0 fully saturated rings. The van der Waals surface area contributed by atoms with Crippen LogP contribution in [0, 0.1) is 0 Å². The van der Waals surface area contributed by atoms with Crippen LogP contribution in [0.4, 0.5) is 0 Å². The quantitative estimate of drug-likeness (QED) is 0.834. The standard InChI is InChI=1S/C13H18ClNO/c1-3-4-5-13(15-10(2)16)11-6-8-12(14)9-7-11/h6-9,13H,3-5H2,1-2H3,(H,15,16). The van der Waals surface area contributed by atoms with Gasteiger partial charge >= 0.3 is 0 Å². The fourth-order valence-corrected chi connectivity index (χ4v) is 1.80. The third-order valence-corrected chi connectivity index (χ3v) is 2.75. The molecule has 1 unspecified atom stereocenters. The summed E-state index contributed by atoms with van der Waals surface area (Å²) >= 11 is 5.84. The number of amides is 1. The minimum Gasteiger partial charge on any atom is -0.350 e. The van der Waals surface area contributed by atoms with Crippen molar-refractivity contribution in [1.82, 2.24) is 5.32 Å². The monoisotopic (exact) mass is 239 g/mol. The van der Waals surface area contributed by atoms with Crippen molar-refractivity contribution >= 4 is 17.5 Å². The first kappa shape index (κ1) is 13.0. The first-order valence-electron chi connectivity index (χ1n) is 5.66. The fourth-order valence-electron chi connectivity index (χ4n) is 1.67. The van der Waals surface area contributed by atoms with E-state index in [9.17, 15) is 4.79 Å². The number of carbonyl (C=O) groups excluding carboxylic acids is 1. The Hall–Kier alpha value is -1.02. The van der Waals surface area contributed by atoms with Crippen LogP contribution in [0.1, 0.15) is 44.7 Å². The van der Waals surface area contributed by atoms with Crippen LogP contribution in [0.15, 0.2) is 24.3 Å². The van der Waals surface area contributed by atoms with E-state index in [1.165, 1.54) is 0 Å². The summed E-state index contributed by atoms with van der Waals surface area (Å²) < 4.78 is 0. The zero-order chi connectivity index (χ0) is 12.0. The number of carbonyl (C=O) groups is 1. The van der Waals surface area contributed by atoms with Crippen molar-refractivity contribution in [3.05, 3.63) is 34.9 Å². The summed E-state index contributed by atoms with van der Waals surface area (Å²) in [5.74, 6) is 0.0102. The van der Waals surface area contributed by atoms with Crippen molar-refractivity contribution in [2.75, 3.05) is 0 Å². The highest BCUT2D eigenvalue weighted by atomic mass is 35.5. The van der Waals surface area contributed by atoms with E-state index < -0.39 is 0 Å². The summed E-state index contributed by atoms with van der Waals surface area (Å²) in [5.41, 5.74) is 1.12. The molecule has 0 saturated heterocycles. The van der Waals surface area contributed by atoms with Crippen molar-refractivity contribution in [3.8, 4) is 0 Å². The Morgan fingerprint density at radius 1 is 1.38 bits per heavy atom. The van der Waals surface area contributed by atoms with Crippen LogP contribution in [0.2, 0.25) is 5.02 Å². The number of rotatable bonds is 5. The summed E-state index contributed by atoms with van der Waals surface area (Å²) in [6, 6.07) is 7.77. The molecule has 2 nitrogen and oxygen atoms in total. The number of nitrogens with one attached hydrogen (secondary N) is 1. The Morgan fingerprint density at radius 2 is 2.00 bits per heavy atom. The minimum atomic E-state index is 0.0102. The molecule has 3 heteroatoms. The van der Waals surface area contributed by atoms with E-state index in [0.717, 1.165) is 29.8 Å². The molecule has 0 aromatic heterocycles. The van der Waals surface area contributed by atoms with Crippen LogP contribution >= 0.6 is 11.6 Å². The Bertz CT molecular complexity index is 334. The van der Waals surface area contributed by atoms with Crippen LogP contribution in [0.25, 0.3) is 0 Å². The third-order valence-electron chi connectivity index (χ3n) is 2.50. The molecular weight excluding hydrogens is 222 g/mol. The highest BCUT2D eigenvalue weighted by molar-refractivity contribution is 6.30. The molecule has 1 aromatic rings. The molecule has 0 spiro atoms. The zero-order valence-electron chi connectivity index (χ0n) is 9.79. The van der Waals surface area contributed by atoms with E-state index in [1.807, 2.05) is 24.3 Å². The molecule has 1 aromatic carbocycles. The molecule has 0 aliphatic heterocycles. The Labute approximate surface area is 102 Å². The summed E-state index contributed by atoms with van der Waals surface area (Å²) in [5, 5.41) is 3.69. The Kier molecular flexibility index (Phi) is 5.33. The fraction of sp³-hybridized carbons (Fsp3) is 0.462. The van der Waals surface area contributed by atoms with Gasteiger partial charge in [0, 0.05) is 11.9 Å². The molecule has 1 rings (SSSR count). The largest absolute Gasteiger partial charge is 0.350 e. The lowest BCUT2D eigenvalue weighted by Gasteiger charge is -2.18. The molecule has 0 aliphatic rings. The van der Waals surface area contributed by atoms with Crippen LogP contribution in [-0.4, -0.2) is 5.91 Å². The van der Waals surface area contributed by atoms with E-state index in [2.05, 4.69) is 12.2 Å². The van der Waals surface area contributed by atoms with Crippen LogP contribution in [0.3, 0.4) is 0 Å². The maximum Gasteiger partial charge on any atom is 0.217 e. The first-order chi connectivity index (χ1) is 7.63. The van der Waals surface area contributed by atoms with E-state index in [1.54, 1.807) is 6.92 Å². The van der Waals surface area contributed by atoms with Crippen LogP contribution in [0.5, 0.6) is 0 Å². The Balaban J connectivity index is 2.74. The highest BCUT2D eigenvalue weighted by Gasteiger charge is 2.11. The second-order valence-electron chi connectivity index (χ2n) is 3.95. The molecule has 1 amide bonds. The SMILES string of the molecule is CCCCC(NC(C)=O)c1ccc(Cl)cc1. The van der Waals surface area contributed by atoms with Crippen LogP contribution in [-0.2, 0) is 4.79 Å². The predicted octanol–water partition coefficient (Wildman–Crippen LogP) is 3.71. The van der Waals surface area contributed by atoms with Gasteiger partial charge in [-0.25, -0.2) is 0 Å². The minimum absolute atomic E-state index is 0.0102. The molecule has 16 heavy (non-hydrogen) atoms. The van der Waals surface area contributed by atoms with Crippen molar-refractivity contribution in [3.63, 3.8) is 0 Å². The number of hydrogen-bond donors (Lipinski definition) is 1. The maximum absolute atomic E-state index is 11.1. The van der Waals surface area contributed by atoms with Crippen molar-refractivity contribution in [1.29, 1.82) is 0 Å². The lowest BCUT2D eigenvalue weighted by molar-refractivity contribution is -0.119. The van der Waals surface area contributed by atoms with Crippen molar-refractivity contribution < 1.29 is 4.79 Å². The number of unbranched alkanes of at least 4 members (excludes halogenated alkanes) is 1. The molecular formula is C13H18ClNO. The highest BCUT2D eigenvalue weighted by Crippen LogP contribution is 2.21. The molecule has 1 atom stereocenters. The summed E-state index contributed by atoms with van der Waals surface area (Å²) in [4.78, 5) is 11.1. The van der Waals surface area contributed by atoms with E-state index in [4.69, 9.17) is 11.6 Å². The van der Waals surface area contributed by atoms with Crippen LogP contribution < -0.4 is 5.32 Å². The second-order valence-corrected chi connectivity index (χ2v) is 4.38. The molecule has 88 valence electrons. The lowest BCUT2D eigenvalue weighted by atomic mass is 10.0. The predicted molar refractivity (Wildman–Crippen MR) is 67.5 cm³/mol. The average molecular weight is 240 g/mol. The normalized spacial score (nSPS) is 12.2. The molecule has 0 bridgehead atoms. The van der Waals surface area contributed by atoms with Gasteiger partial charge in [-0.05, 0) is 24.1 Å². The number of hydrogen-bond acceptors (Lipinski definition) is 1. The molecule has 0 radical (unpaired) electrons. The van der Waals surface area contributed by atoms with E-state index >= 15 is 0 Å². The van der Waals surface area contributed by atoms with Gasteiger partial charge in [0.1, 0.15) is 0 Å². The average Bonchev–Trinajstić information content (AvgIpc) is 2.25. The van der Waals surface area contributed by atoms with Gasteiger partial charge in [-0.15, -0.1) is 0 Å².